The van der Waals surface area contributed by atoms with E-state index in [1.54, 1.807) is 12.1 Å². The molecule has 0 aliphatic carbocycles. The van der Waals surface area contributed by atoms with Crippen LogP contribution >= 0.6 is 12.2 Å². The molecule has 0 aromatic heterocycles. The molecule has 0 bridgehead atoms. The fourth-order valence-corrected chi connectivity index (χ4v) is 2.47. The minimum atomic E-state index is -0.450. The SMILES string of the molecule is CC1(NC(N)=S)C=CC=CN1CCc1cccc(F)c1. The van der Waals surface area contributed by atoms with Crippen LogP contribution in [-0.4, -0.2) is 22.2 Å². The smallest absolute Gasteiger partial charge is 0.165 e. The van der Waals surface area contributed by atoms with Gasteiger partial charge in [0, 0.05) is 12.7 Å². The summed E-state index contributed by atoms with van der Waals surface area (Å²) in [6.07, 6.45) is 8.62. The molecule has 1 aliphatic rings. The number of nitrogens with two attached hydrogens (primary N) is 1. The standard InChI is InChI=1S/C15H18FN3S/c1-15(18-14(17)20)8-2-3-9-19(15)10-7-12-5-4-6-13(16)11-12/h2-6,8-9,11H,7,10H2,1H3,(H3,17,18,20). The van der Waals surface area contributed by atoms with Gasteiger partial charge in [0.25, 0.3) is 0 Å². The van der Waals surface area contributed by atoms with E-state index in [0.717, 1.165) is 18.5 Å². The number of nitrogens with zero attached hydrogens (tertiary/aromatic N) is 1. The number of hydrogen-bond acceptors (Lipinski definition) is 2. The number of benzene rings is 1. The van der Waals surface area contributed by atoms with Crippen LogP contribution in [0.1, 0.15) is 12.5 Å². The molecule has 1 atom stereocenters. The molecule has 1 aromatic carbocycles. The van der Waals surface area contributed by atoms with E-state index in [9.17, 15) is 4.39 Å². The van der Waals surface area contributed by atoms with E-state index in [-0.39, 0.29) is 10.9 Å². The molecule has 0 radical (unpaired) electrons. The lowest BCUT2D eigenvalue weighted by atomic mass is 10.1. The number of hydrogen-bond donors (Lipinski definition) is 2. The number of nitrogens with one attached hydrogen (secondary N) is 1. The molecule has 3 N–H and O–H groups in total. The summed E-state index contributed by atoms with van der Waals surface area (Å²) in [6, 6.07) is 6.65. The second kappa shape index (κ2) is 6.05. The van der Waals surface area contributed by atoms with Gasteiger partial charge in [-0.1, -0.05) is 18.2 Å². The van der Waals surface area contributed by atoms with Crippen LogP contribution in [0.2, 0.25) is 0 Å². The predicted octanol–water partition coefficient (Wildman–Crippen LogP) is 2.30. The van der Waals surface area contributed by atoms with Crippen LogP contribution in [0.4, 0.5) is 4.39 Å². The third-order valence-electron chi connectivity index (χ3n) is 3.30. The Balaban J connectivity index is 2.05. The highest BCUT2D eigenvalue weighted by Gasteiger charge is 2.28. The molecule has 0 spiro atoms. The topological polar surface area (TPSA) is 41.3 Å². The van der Waals surface area contributed by atoms with E-state index in [1.807, 2.05) is 37.4 Å². The van der Waals surface area contributed by atoms with Crippen molar-refractivity contribution >= 4 is 17.3 Å². The Kier molecular flexibility index (Phi) is 4.39. The Morgan fingerprint density at radius 2 is 2.25 bits per heavy atom. The molecule has 5 heteroatoms. The van der Waals surface area contributed by atoms with Crippen LogP contribution in [0.5, 0.6) is 0 Å². The Bertz CT molecular complexity index is 556. The van der Waals surface area contributed by atoms with Crippen molar-refractivity contribution in [1.82, 2.24) is 10.2 Å². The summed E-state index contributed by atoms with van der Waals surface area (Å²) < 4.78 is 13.2. The maximum absolute atomic E-state index is 13.2. The summed E-state index contributed by atoms with van der Waals surface area (Å²) in [5, 5.41) is 3.33. The fourth-order valence-electron chi connectivity index (χ4n) is 2.26. The van der Waals surface area contributed by atoms with Crippen molar-refractivity contribution in [3.63, 3.8) is 0 Å². The van der Waals surface area contributed by atoms with E-state index in [1.165, 1.54) is 6.07 Å². The molecule has 1 aromatic rings. The number of thiocarbonyl (C=S) groups is 1. The molecule has 1 heterocycles. The van der Waals surface area contributed by atoms with Crippen LogP contribution in [0.25, 0.3) is 0 Å². The molecule has 106 valence electrons. The largest absolute Gasteiger partial charge is 0.376 e. The Hall–Kier alpha value is -1.88. The van der Waals surface area contributed by atoms with Gasteiger partial charge in [-0.25, -0.2) is 4.39 Å². The van der Waals surface area contributed by atoms with Gasteiger partial charge in [0.2, 0.25) is 0 Å². The maximum Gasteiger partial charge on any atom is 0.165 e. The average Bonchev–Trinajstić information content (AvgIpc) is 2.36. The molecule has 20 heavy (non-hydrogen) atoms. The van der Waals surface area contributed by atoms with Crippen LogP contribution < -0.4 is 11.1 Å². The van der Waals surface area contributed by atoms with Crippen LogP contribution in [0.3, 0.4) is 0 Å². The van der Waals surface area contributed by atoms with Gasteiger partial charge < -0.3 is 16.0 Å². The van der Waals surface area contributed by atoms with Crippen molar-refractivity contribution in [1.29, 1.82) is 0 Å². The lowest BCUT2D eigenvalue weighted by Gasteiger charge is -2.41. The van der Waals surface area contributed by atoms with E-state index in [4.69, 9.17) is 18.0 Å². The first kappa shape index (κ1) is 14.5. The summed E-state index contributed by atoms with van der Waals surface area (Å²) in [5.74, 6) is -0.208. The normalized spacial score (nSPS) is 21.0. The van der Waals surface area contributed by atoms with E-state index in [2.05, 4.69) is 10.2 Å². The number of halogens is 1. The number of allylic oxidation sites excluding steroid dienone is 2. The molecular formula is C15H18FN3S. The van der Waals surface area contributed by atoms with E-state index in [0.29, 0.717) is 0 Å². The third kappa shape index (κ3) is 3.57. The minimum absolute atomic E-state index is 0.208. The second-order valence-electron chi connectivity index (χ2n) is 4.91. The van der Waals surface area contributed by atoms with Crippen LogP contribution in [-0.2, 0) is 6.42 Å². The molecule has 0 saturated carbocycles. The lowest BCUT2D eigenvalue weighted by Crippen LogP contribution is -2.57. The highest BCUT2D eigenvalue weighted by atomic mass is 32.1. The monoisotopic (exact) mass is 291 g/mol. The van der Waals surface area contributed by atoms with Gasteiger partial charge in [-0.15, -0.1) is 0 Å². The van der Waals surface area contributed by atoms with Crippen molar-refractivity contribution in [3.8, 4) is 0 Å². The molecule has 3 nitrogen and oxygen atoms in total. The molecule has 1 unspecified atom stereocenters. The van der Waals surface area contributed by atoms with Gasteiger partial charge >= 0.3 is 0 Å². The Labute approximate surface area is 124 Å². The molecule has 0 fully saturated rings. The Morgan fingerprint density at radius 1 is 1.45 bits per heavy atom. The summed E-state index contributed by atoms with van der Waals surface area (Å²) in [6.45, 7) is 2.73. The van der Waals surface area contributed by atoms with Gasteiger partial charge in [-0.3, -0.25) is 0 Å². The second-order valence-corrected chi connectivity index (χ2v) is 5.35. The summed E-state index contributed by atoms with van der Waals surface area (Å²) in [7, 11) is 0. The van der Waals surface area contributed by atoms with Crippen molar-refractivity contribution < 1.29 is 4.39 Å². The van der Waals surface area contributed by atoms with Crippen molar-refractivity contribution in [2.24, 2.45) is 5.73 Å². The highest BCUT2D eigenvalue weighted by Crippen LogP contribution is 2.19. The van der Waals surface area contributed by atoms with Gasteiger partial charge in [-0.05, 0) is 55.4 Å². The molecule has 1 aliphatic heterocycles. The summed E-state index contributed by atoms with van der Waals surface area (Å²) in [5.41, 5.74) is 6.10. The van der Waals surface area contributed by atoms with Gasteiger partial charge in [0.15, 0.2) is 5.11 Å². The van der Waals surface area contributed by atoms with E-state index >= 15 is 0 Å². The highest BCUT2D eigenvalue weighted by molar-refractivity contribution is 7.80. The Morgan fingerprint density at radius 3 is 2.95 bits per heavy atom. The van der Waals surface area contributed by atoms with Crippen LogP contribution in [0.15, 0.2) is 48.7 Å². The van der Waals surface area contributed by atoms with Gasteiger partial charge in [0.05, 0.1) is 0 Å². The maximum atomic E-state index is 13.2. The predicted molar refractivity (Wildman–Crippen MR) is 83.4 cm³/mol. The first-order valence-electron chi connectivity index (χ1n) is 6.44. The summed E-state index contributed by atoms with van der Waals surface area (Å²) >= 11 is 4.93. The van der Waals surface area contributed by atoms with Crippen LogP contribution in [0, 0.1) is 5.82 Å². The average molecular weight is 291 g/mol. The van der Waals surface area contributed by atoms with Crippen molar-refractivity contribution in [2.45, 2.75) is 19.0 Å². The first-order chi connectivity index (χ1) is 9.49. The van der Waals surface area contributed by atoms with E-state index < -0.39 is 5.66 Å². The fraction of sp³-hybridized carbons (Fsp3) is 0.267. The molecule has 0 amide bonds. The molecule has 2 rings (SSSR count). The third-order valence-corrected chi connectivity index (χ3v) is 3.40. The zero-order chi connectivity index (χ0) is 14.6. The minimum Gasteiger partial charge on any atom is -0.376 e. The quantitative estimate of drug-likeness (QED) is 0.835. The first-order valence-corrected chi connectivity index (χ1v) is 6.85. The molecule has 0 saturated heterocycles. The van der Waals surface area contributed by atoms with Crippen molar-refractivity contribution in [2.75, 3.05) is 6.54 Å². The van der Waals surface area contributed by atoms with Crippen molar-refractivity contribution in [3.05, 3.63) is 60.1 Å². The van der Waals surface area contributed by atoms with Gasteiger partial charge in [-0.2, -0.15) is 0 Å². The summed E-state index contributed by atoms with van der Waals surface area (Å²) in [4.78, 5) is 2.09. The molecular weight excluding hydrogens is 273 g/mol. The van der Waals surface area contributed by atoms with Gasteiger partial charge in [0.1, 0.15) is 11.5 Å². The zero-order valence-electron chi connectivity index (χ0n) is 11.3. The zero-order valence-corrected chi connectivity index (χ0v) is 12.2. The lowest BCUT2D eigenvalue weighted by molar-refractivity contribution is 0.198. The number of rotatable bonds is 4.